The molecule has 0 aliphatic carbocycles. The van der Waals surface area contributed by atoms with E-state index >= 15 is 0 Å². The van der Waals surface area contributed by atoms with Crippen LogP contribution in [-0.4, -0.2) is 17.5 Å². The lowest BCUT2D eigenvalue weighted by molar-refractivity contribution is -0.124. The molecule has 1 amide bonds. The second-order valence-corrected chi connectivity index (χ2v) is 6.87. The van der Waals surface area contributed by atoms with E-state index in [4.69, 9.17) is 9.15 Å². The third-order valence-corrected chi connectivity index (χ3v) is 4.01. The van der Waals surface area contributed by atoms with E-state index < -0.39 is 0 Å². The van der Waals surface area contributed by atoms with Crippen molar-refractivity contribution in [2.24, 2.45) is 5.92 Å². The molecular weight excluding hydrogens is 328 g/mol. The number of oxazole rings is 1. The number of ether oxygens (including phenoxy) is 1. The summed E-state index contributed by atoms with van der Waals surface area (Å²) in [7, 11) is 0. The maximum absolute atomic E-state index is 12.4. The van der Waals surface area contributed by atoms with Crippen molar-refractivity contribution in [2.45, 2.75) is 33.2 Å². The third-order valence-electron chi connectivity index (χ3n) is 4.01. The van der Waals surface area contributed by atoms with Gasteiger partial charge >= 0.3 is 0 Å². The molecule has 136 valence electrons. The summed E-state index contributed by atoms with van der Waals surface area (Å²) in [6.45, 7) is 6.15. The van der Waals surface area contributed by atoms with Crippen molar-refractivity contribution >= 4 is 17.0 Å². The normalized spacial score (nSPS) is 12.3. The van der Waals surface area contributed by atoms with Crippen molar-refractivity contribution in [3.63, 3.8) is 0 Å². The minimum Gasteiger partial charge on any atom is -0.484 e. The number of carbonyl (C=O) groups excluding carboxylic acids is 1. The highest BCUT2D eigenvalue weighted by Gasteiger charge is 2.22. The Morgan fingerprint density at radius 2 is 2.00 bits per heavy atom. The van der Waals surface area contributed by atoms with E-state index in [9.17, 15) is 4.79 Å². The molecule has 26 heavy (non-hydrogen) atoms. The molecule has 0 bridgehead atoms. The standard InChI is InChI=1S/C21H24N2O3/c1-14(2)11-18(21-23-17-9-4-5-10-19(17)26-21)22-20(24)13-25-16-8-6-7-15(3)12-16/h4-10,12,14,18H,11,13H2,1-3H3,(H,22,24)/t18-/m1/s1. The molecule has 0 saturated carbocycles. The van der Waals surface area contributed by atoms with Crippen LogP contribution in [0.2, 0.25) is 0 Å². The summed E-state index contributed by atoms with van der Waals surface area (Å²) in [5, 5.41) is 2.99. The number of para-hydroxylation sites is 2. The van der Waals surface area contributed by atoms with Crippen LogP contribution >= 0.6 is 0 Å². The summed E-state index contributed by atoms with van der Waals surface area (Å²) in [6.07, 6.45) is 0.739. The largest absolute Gasteiger partial charge is 0.484 e. The smallest absolute Gasteiger partial charge is 0.258 e. The van der Waals surface area contributed by atoms with Crippen LogP contribution in [0.5, 0.6) is 5.75 Å². The molecule has 0 radical (unpaired) electrons. The molecule has 1 atom stereocenters. The lowest BCUT2D eigenvalue weighted by Crippen LogP contribution is -2.33. The van der Waals surface area contributed by atoms with Gasteiger partial charge in [-0.1, -0.05) is 38.1 Å². The van der Waals surface area contributed by atoms with Crippen LogP contribution in [0.3, 0.4) is 0 Å². The van der Waals surface area contributed by atoms with Crippen LogP contribution < -0.4 is 10.1 Å². The van der Waals surface area contributed by atoms with Crippen LogP contribution in [0.1, 0.15) is 37.8 Å². The number of nitrogens with one attached hydrogen (secondary N) is 1. The molecule has 2 aromatic carbocycles. The van der Waals surface area contributed by atoms with E-state index in [1.165, 1.54) is 0 Å². The second-order valence-electron chi connectivity index (χ2n) is 6.87. The lowest BCUT2D eigenvalue weighted by Gasteiger charge is -2.18. The van der Waals surface area contributed by atoms with E-state index in [-0.39, 0.29) is 18.6 Å². The summed E-state index contributed by atoms with van der Waals surface area (Å²) in [5.41, 5.74) is 2.61. The predicted octanol–water partition coefficient (Wildman–Crippen LogP) is 4.42. The minimum atomic E-state index is -0.281. The molecule has 0 saturated heterocycles. The van der Waals surface area contributed by atoms with Gasteiger partial charge in [-0.05, 0) is 49.1 Å². The molecule has 1 aromatic heterocycles. The van der Waals surface area contributed by atoms with Gasteiger partial charge in [-0.3, -0.25) is 4.79 Å². The van der Waals surface area contributed by atoms with Gasteiger partial charge in [-0.25, -0.2) is 4.98 Å². The van der Waals surface area contributed by atoms with E-state index in [1.807, 2.05) is 55.5 Å². The van der Waals surface area contributed by atoms with Crippen LogP contribution in [-0.2, 0) is 4.79 Å². The molecule has 3 aromatic rings. The van der Waals surface area contributed by atoms with Crippen molar-refractivity contribution < 1.29 is 13.9 Å². The van der Waals surface area contributed by atoms with Crippen molar-refractivity contribution in [2.75, 3.05) is 6.61 Å². The first-order valence-electron chi connectivity index (χ1n) is 8.85. The molecule has 1 heterocycles. The van der Waals surface area contributed by atoms with Gasteiger partial charge in [-0.15, -0.1) is 0 Å². The van der Waals surface area contributed by atoms with Gasteiger partial charge in [0.25, 0.3) is 5.91 Å². The molecule has 0 aliphatic rings. The number of nitrogens with zero attached hydrogens (tertiary/aromatic N) is 1. The van der Waals surface area contributed by atoms with E-state index in [1.54, 1.807) is 0 Å². The fourth-order valence-corrected chi connectivity index (χ4v) is 2.82. The first-order valence-corrected chi connectivity index (χ1v) is 8.85. The summed E-state index contributed by atoms with van der Waals surface area (Å²) in [5.74, 6) is 1.40. The highest BCUT2D eigenvalue weighted by molar-refractivity contribution is 5.78. The lowest BCUT2D eigenvalue weighted by atomic mass is 10.0. The number of hydrogen-bond donors (Lipinski definition) is 1. The Morgan fingerprint density at radius 1 is 1.19 bits per heavy atom. The van der Waals surface area contributed by atoms with Crippen LogP contribution in [0, 0.1) is 12.8 Å². The number of rotatable bonds is 7. The zero-order valence-electron chi connectivity index (χ0n) is 15.4. The van der Waals surface area contributed by atoms with Crippen LogP contribution in [0.4, 0.5) is 0 Å². The Balaban J connectivity index is 1.68. The number of fused-ring (bicyclic) bond motifs is 1. The van der Waals surface area contributed by atoms with Gasteiger partial charge < -0.3 is 14.5 Å². The van der Waals surface area contributed by atoms with Gasteiger partial charge in [-0.2, -0.15) is 0 Å². The summed E-state index contributed by atoms with van der Waals surface area (Å²) < 4.78 is 11.4. The topological polar surface area (TPSA) is 64.4 Å². The monoisotopic (exact) mass is 352 g/mol. The molecule has 0 fully saturated rings. The molecule has 0 aliphatic heterocycles. The summed E-state index contributed by atoms with van der Waals surface area (Å²) >= 11 is 0. The van der Waals surface area contributed by atoms with Gasteiger partial charge in [0.2, 0.25) is 5.89 Å². The molecule has 1 N–H and O–H groups in total. The maximum atomic E-state index is 12.4. The van der Waals surface area contributed by atoms with Crippen molar-refractivity contribution in [3.05, 3.63) is 60.0 Å². The molecular formula is C21H24N2O3. The highest BCUT2D eigenvalue weighted by atomic mass is 16.5. The van der Waals surface area contributed by atoms with Gasteiger partial charge in [0, 0.05) is 0 Å². The van der Waals surface area contributed by atoms with Gasteiger partial charge in [0.05, 0.1) is 0 Å². The Labute approximate surface area is 153 Å². The quantitative estimate of drug-likeness (QED) is 0.684. The van der Waals surface area contributed by atoms with Crippen LogP contribution in [0.15, 0.2) is 52.9 Å². The Morgan fingerprint density at radius 3 is 2.73 bits per heavy atom. The number of aromatic nitrogens is 1. The molecule has 5 nitrogen and oxygen atoms in total. The molecule has 3 rings (SSSR count). The number of amides is 1. The number of benzene rings is 2. The minimum absolute atomic E-state index is 0.0434. The zero-order valence-corrected chi connectivity index (χ0v) is 15.4. The zero-order chi connectivity index (χ0) is 18.5. The number of aryl methyl sites for hydroxylation is 1. The Hall–Kier alpha value is -2.82. The molecule has 0 unspecified atom stereocenters. The predicted molar refractivity (Wildman–Crippen MR) is 101 cm³/mol. The third kappa shape index (κ3) is 4.63. The van der Waals surface area contributed by atoms with Crippen LogP contribution in [0.25, 0.3) is 11.1 Å². The van der Waals surface area contributed by atoms with E-state index in [0.717, 1.165) is 23.1 Å². The highest BCUT2D eigenvalue weighted by Crippen LogP contribution is 2.24. The Bertz CT molecular complexity index is 853. The fraction of sp³-hybridized carbons (Fsp3) is 0.333. The van der Waals surface area contributed by atoms with Crippen molar-refractivity contribution in [3.8, 4) is 5.75 Å². The van der Waals surface area contributed by atoms with Gasteiger partial charge in [0.15, 0.2) is 12.2 Å². The average molecular weight is 352 g/mol. The number of carbonyl (C=O) groups is 1. The SMILES string of the molecule is Cc1cccc(OCC(=O)N[C@H](CC(C)C)c2nc3ccccc3o2)c1. The fourth-order valence-electron chi connectivity index (χ4n) is 2.82. The van der Waals surface area contributed by atoms with E-state index in [0.29, 0.717) is 17.6 Å². The maximum Gasteiger partial charge on any atom is 0.258 e. The first kappa shape index (κ1) is 18.0. The molecule has 0 spiro atoms. The molecule has 5 heteroatoms. The first-order chi connectivity index (χ1) is 12.5. The van der Waals surface area contributed by atoms with Gasteiger partial charge in [0.1, 0.15) is 17.3 Å². The van der Waals surface area contributed by atoms with Crippen molar-refractivity contribution in [1.82, 2.24) is 10.3 Å². The van der Waals surface area contributed by atoms with E-state index in [2.05, 4.69) is 24.1 Å². The second kappa shape index (κ2) is 8.04. The number of hydrogen-bond acceptors (Lipinski definition) is 4. The Kier molecular flexibility index (Phi) is 5.56. The van der Waals surface area contributed by atoms with Crippen molar-refractivity contribution in [1.29, 1.82) is 0 Å². The average Bonchev–Trinajstić information content (AvgIpc) is 3.03. The summed E-state index contributed by atoms with van der Waals surface area (Å²) in [6, 6.07) is 15.0. The summed E-state index contributed by atoms with van der Waals surface area (Å²) in [4.78, 5) is 16.9.